The Morgan fingerprint density at radius 3 is 2.90 bits per heavy atom. The summed E-state index contributed by atoms with van der Waals surface area (Å²) in [6.45, 7) is 5.08. The van der Waals surface area contributed by atoms with Crippen LogP contribution >= 0.6 is 24.0 Å². The van der Waals surface area contributed by atoms with Crippen molar-refractivity contribution in [3.63, 3.8) is 0 Å². The monoisotopic (exact) mass is 385 g/mol. The average Bonchev–Trinajstić information content (AvgIpc) is 3.16. The molecular weight excluding hydrogens is 361 g/mol. The summed E-state index contributed by atoms with van der Waals surface area (Å²) < 4.78 is 0. The van der Waals surface area contributed by atoms with Gasteiger partial charge in [0.25, 0.3) is 0 Å². The van der Waals surface area contributed by atoms with Crippen molar-refractivity contribution in [1.29, 1.82) is 0 Å². The number of guanidine groups is 1. The Bertz CT molecular complexity index is 469. The summed E-state index contributed by atoms with van der Waals surface area (Å²) >= 11 is 0. The van der Waals surface area contributed by atoms with E-state index in [-0.39, 0.29) is 24.0 Å². The number of nitrogens with zero attached hydrogens (tertiary/aromatic N) is 2. The molecule has 1 aromatic carbocycles. The molecule has 0 spiro atoms. The zero-order chi connectivity index (χ0) is 13.1. The van der Waals surface area contributed by atoms with Gasteiger partial charge < -0.3 is 10.2 Å². The van der Waals surface area contributed by atoms with E-state index in [1.54, 1.807) is 0 Å². The zero-order valence-electron chi connectivity index (χ0n) is 12.1. The fourth-order valence-corrected chi connectivity index (χ4v) is 2.71. The molecule has 1 aromatic rings. The molecule has 0 atom stereocenters. The van der Waals surface area contributed by atoms with E-state index >= 15 is 0 Å². The molecule has 0 saturated heterocycles. The van der Waals surface area contributed by atoms with Crippen LogP contribution in [0.1, 0.15) is 31.7 Å². The van der Waals surface area contributed by atoms with Gasteiger partial charge >= 0.3 is 0 Å². The van der Waals surface area contributed by atoms with Gasteiger partial charge in [-0.3, -0.25) is 4.99 Å². The number of benzene rings is 1. The largest absolute Gasteiger partial charge is 0.356 e. The van der Waals surface area contributed by atoms with Crippen LogP contribution in [-0.4, -0.2) is 25.6 Å². The Labute approximate surface area is 138 Å². The van der Waals surface area contributed by atoms with Crippen molar-refractivity contribution in [3.8, 4) is 0 Å². The van der Waals surface area contributed by atoms with Crippen molar-refractivity contribution in [2.45, 2.75) is 32.6 Å². The minimum absolute atomic E-state index is 0. The van der Waals surface area contributed by atoms with E-state index in [9.17, 15) is 0 Å². The number of halogens is 1. The van der Waals surface area contributed by atoms with Gasteiger partial charge in [-0.2, -0.15) is 0 Å². The number of aliphatic imine (C=N–C) groups is 1. The minimum atomic E-state index is 0. The lowest BCUT2D eigenvalue weighted by atomic mass is 10.2. The summed E-state index contributed by atoms with van der Waals surface area (Å²) in [5, 5.41) is 3.44. The van der Waals surface area contributed by atoms with Gasteiger partial charge in [0.1, 0.15) is 0 Å². The number of hydrogen-bond donors (Lipinski definition) is 1. The normalized spacial score (nSPS) is 17.6. The Kier molecular flexibility index (Phi) is 5.69. The van der Waals surface area contributed by atoms with Crippen molar-refractivity contribution in [2.24, 2.45) is 10.9 Å². The number of para-hydroxylation sites is 1. The molecule has 0 unspecified atom stereocenters. The maximum atomic E-state index is 4.81. The van der Waals surface area contributed by atoms with Crippen molar-refractivity contribution in [2.75, 3.05) is 24.5 Å². The highest BCUT2D eigenvalue weighted by Gasteiger charge is 2.23. The lowest BCUT2D eigenvalue weighted by Crippen LogP contribution is -2.40. The maximum absolute atomic E-state index is 4.81. The van der Waals surface area contributed by atoms with Gasteiger partial charge in [0.05, 0.1) is 0 Å². The maximum Gasteiger partial charge on any atom is 0.198 e. The summed E-state index contributed by atoms with van der Waals surface area (Å²) in [4.78, 5) is 7.14. The average molecular weight is 385 g/mol. The SMILES string of the molecule is CCNC(=NCCC1CC1)N1CCc2ccccc21.I. The standard InChI is InChI=1S/C16H23N3.HI/c1-2-17-16(18-11-9-13-7-8-13)19-12-10-14-5-3-4-6-15(14)19;/h3-6,13H,2,7-12H2,1H3,(H,17,18);1H. The molecule has 1 N–H and O–H groups in total. The summed E-state index contributed by atoms with van der Waals surface area (Å²) in [5.74, 6) is 2.02. The number of anilines is 1. The van der Waals surface area contributed by atoms with E-state index in [2.05, 4.69) is 41.4 Å². The zero-order valence-corrected chi connectivity index (χ0v) is 14.5. The molecule has 2 aliphatic rings. The van der Waals surface area contributed by atoms with Crippen LogP contribution in [0.2, 0.25) is 0 Å². The second kappa shape index (κ2) is 7.29. The number of rotatable bonds is 4. The van der Waals surface area contributed by atoms with Gasteiger partial charge in [0.2, 0.25) is 0 Å². The molecule has 0 aromatic heterocycles. The summed E-state index contributed by atoms with van der Waals surface area (Å²) in [5.41, 5.74) is 2.77. The topological polar surface area (TPSA) is 27.6 Å². The van der Waals surface area contributed by atoms with Gasteiger partial charge in [-0.15, -0.1) is 24.0 Å². The molecule has 0 radical (unpaired) electrons. The van der Waals surface area contributed by atoms with E-state index < -0.39 is 0 Å². The van der Waals surface area contributed by atoms with Crippen molar-refractivity contribution in [1.82, 2.24) is 5.32 Å². The van der Waals surface area contributed by atoms with Crippen molar-refractivity contribution >= 4 is 35.6 Å². The molecule has 0 bridgehead atoms. The molecule has 1 aliphatic carbocycles. The van der Waals surface area contributed by atoms with E-state index in [1.165, 1.54) is 30.5 Å². The third-order valence-corrected chi connectivity index (χ3v) is 3.97. The van der Waals surface area contributed by atoms with Crippen LogP contribution in [-0.2, 0) is 6.42 Å². The third-order valence-electron chi connectivity index (χ3n) is 3.97. The number of fused-ring (bicyclic) bond motifs is 1. The van der Waals surface area contributed by atoms with E-state index in [1.807, 2.05) is 0 Å². The second-order valence-electron chi connectivity index (χ2n) is 5.50. The molecular formula is C16H24IN3. The van der Waals surface area contributed by atoms with Gasteiger partial charge in [0.15, 0.2) is 5.96 Å². The summed E-state index contributed by atoms with van der Waals surface area (Å²) in [6, 6.07) is 8.67. The van der Waals surface area contributed by atoms with E-state index in [4.69, 9.17) is 4.99 Å². The second-order valence-corrected chi connectivity index (χ2v) is 5.50. The highest BCUT2D eigenvalue weighted by Crippen LogP contribution is 2.32. The first kappa shape index (κ1) is 15.6. The van der Waals surface area contributed by atoms with Gasteiger partial charge in [-0.1, -0.05) is 31.0 Å². The molecule has 0 amide bonds. The molecule has 1 fully saturated rings. The summed E-state index contributed by atoms with van der Waals surface area (Å²) in [7, 11) is 0. The minimum Gasteiger partial charge on any atom is -0.356 e. The Morgan fingerprint density at radius 2 is 2.15 bits per heavy atom. The van der Waals surface area contributed by atoms with Crippen molar-refractivity contribution in [3.05, 3.63) is 29.8 Å². The predicted molar refractivity (Wildman–Crippen MR) is 96.2 cm³/mol. The number of nitrogens with one attached hydrogen (secondary N) is 1. The molecule has 3 nitrogen and oxygen atoms in total. The van der Waals surface area contributed by atoms with Gasteiger partial charge in [0, 0.05) is 25.3 Å². The first-order valence-electron chi connectivity index (χ1n) is 7.52. The first-order valence-corrected chi connectivity index (χ1v) is 7.52. The molecule has 20 heavy (non-hydrogen) atoms. The van der Waals surface area contributed by atoms with Crippen LogP contribution in [0.4, 0.5) is 5.69 Å². The predicted octanol–water partition coefficient (Wildman–Crippen LogP) is 3.43. The van der Waals surface area contributed by atoms with Crippen LogP contribution in [0.3, 0.4) is 0 Å². The van der Waals surface area contributed by atoms with Crippen LogP contribution < -0.4 is 10.2 Å². The smallest absolute Gasteiger partial charge is 0.198 e. The van der Waals surface area contributed by atoms with Crippen LogP contribution in [0.25, 0.3) is 0 Å². The molecule has 1 heterocycles. The van der Waals surface area contributed by atoms with E-state index in [0.717, 1.165) is 37.9 Å². The Morgan fingerprint density at radius 1 is 1.35 bits per heavy atom. The first-order chi connectivity index (χ1) is 9.38. The van der Waals surface area contributed by atoms with Crippen molar-refractivity contribution < 1.29 is 0 Å². The Hall–Kier alpha value is -0.780. The van der Waals surface area contributed by atoms with Gasteiger partial charge in [-0.25, -0.2) is 0 Å². The van der Waals surface area contributed by atoms with Gasteiger partial charge in [-0.05, 0) is 37.3 Å². The Balaban J connectivity index is 0.00000147. The highest BCUT2D eigenvalue weighted by molar-refractivity contribution is 14.0. The lowest BCUT2D eigenvalue weighted by Gasteiger charge is -2.22. The molecule has 4 heteroatoms. The fourth-order valence-electron chi connectivity index (χ4n) is 2.71. The molecule has 1 aliphatic heterocycles. The van der Waals surface area contributed by atoms with E-state index in [0.29, 0.717) is 0 Å². The van der Waals surface area contributed by atoms with Crippen LogP contribution in [0, 0.1) is 5.92 Å². The quantitative estimate of drug-likeness (QED) is 0.489. The molecule has 1 saturated carbocycles. The molecule has 3 rings (SSSR count). The van der Waals surface area contributed by atoms with Crippen LogP contribution in [0.15, 0.2) is 29.3 Å². The van der Waals surface area contributed by atoms with Crippen LogP contribution in [0.5, 0.6) is 0 Å². The number of hydrogen-bond acceptors (Lipinski definition) is 1. The third kappa shape index (κ3) is 3.65. The highest BCUT2D eigenvalue weighted by atomic mass is 127. The fraction of sp³-hybridized carbons (Fsp3) is 0.562. The molecule has 110 valence electrons. The lowest BCUT2D eigenvalue weighted by molar-refractivity contribution is 0.732. The summed E-state index contributed by atoms with van der Waals surface area (Å²) in [6.07, 6.45) is 5.21.